The molecule has 0 aliphatic carbocycles. The molecule has 0 amide bonds. The van der Waals surface area contributed by atoms with E-state index in [2.05, 4.69) is 0 Å². The normalized spacial score (nSPS) is 12.3. The van der Waals surface area contributed by atoms with Crippen molar-refractivity contribution < 1.29 is 9.47 Å². The van der Waals surface area contributed by atoms with E-state index in [4.69, 9.17) is 46.6 Å². The Morgan fingerprint density at radius 1 is 1.00 bits per heavy atom. The summed E-state index contributed by atoms with van der Waals surface area (Å²) in [5, 5.41) is -3.67. The summed E-state index contributed by atoms with van der Waals surface area (Å²) < 4.78 is 9.99. The van der Waals surface area contributed by atoms with E-state index >= 15 is 0 Å². The predicted octanol–water partition coefficient (Wildman–Crippen LogP) is -0.724. The van der Waals surface area contributed by atoms with Gasteiger partial charge in [0.15, 0.2) is 0 Å². The van der Waals surface area contributed by atoms with Crippen LogP contribution in [0.25, 0.3) is 0 Å². The molecular weight excluding hydrogens is 197 g/mol. The Labute approximate surface area is 101 Å². The lowest BCUT2D eigenvalue weighted by Crippen LogP contribution is -2.61. The molecule has 0 aromatic heterocycles. The highest BCUT2D eigenvalue weighted by molar-refractivity contribution is 6.53. The largest absolute Gasteiger partial charge is 0.506 e. The van der Waals surface area contributed by atoms with Crippen LogP contribution in [0.5, 0.6) is 5.75 Å². The van der Waals surface area contributed by atoms with E-state index in [1.807, 2.05) is 0 Å². The maximum absolute atomic E-state index is 5.62. The molecule has 0 aliphatic rings. The van der Waals surface area contributed by atoms with Gasteiger partial charge in [0.1, 0.15) is 37.1 Å². The third kappa shape index (κ3) is 2.79. The molecule has 0 bridgehead atoms. The summed E-state index contributed by atoms with van der Waals surface area (Å²) in [5.41, 5.74) is 6.10. The van der Waals surface area contributed by atoms with E-state index in [0.717, 1.165) is 0 Å². The minimum absolute atomic E-state index is 0.386. The highest BCUT2D eigenvalue weighted by Gasteiger charge is 2.36. The SMILES string of the molecule is [B]C([B])(OC)C([B])([B])Oc1ccc(N)cc1. The first-order chi connectivity index (χ1) is 7.28. The third-order valence-corrected chi connectivity index (χ3v) is 2.12. The van der Waals surface area contributed by atoms with E-state index in [-0.39, 0.29) is 0 Å². The summed E-state index contributed by atoms with van der Waals surface area (Å²) >= 11 is 0. The molecule has 0 aliphatic heterocycles. The van der Waals surface area contributed by atoms with E-state index < -0.39 is 10.8 Å². The van der Waals surface area contributed by atoms with Crippen LogP contribution in [0, 0.1) is 0 Å². The molecule has 0 spiro atoms. The number of nitrogen functional groups attached to an aromatic ring is 1. The number of rotatable bonds is 4. The van der Waals surface area contributed by atoms with Gasteiger partial charge in [0, 0.05) is 23.6 Å². The predicted molar refractivity (Wildman–Crippen MR) is 67.0 cm³/mol. The first kappa shape index (κ1) is 13.1. The summed E-state index contributed by atoms with van der Waals surface area (Å²) in [6.45, 7) is 0. The topological polar surface area (TPSA) is 44.5 Å². The Hall–Kier alpha value is -0.960. The van der Waals surface area contributed by atoms with E-state index in [9.17, 15) is 0 Å². The van der Waals surface area contributed by atoms with Crippen molar-refractivity contribution in [1.82, 2.24) is 0 Å². The molecule has 0 saturated carbocycles. The minimum atomic E-state index is -1.86. The molecule has 3 nitrogen and oxygen atoms in total. The number of hydrogen-bond donors (Lipinski definition) is 1. The zero-order valence-electron chi connectivity index (χ0n) is 9.01. The second-order valence-electron chi connectivity index (χ2n) is 3.46. The first-order valence-electron chi connectivity index (χ1n) is 4.54. The van der Waals surface area contributed by atoms with Crippen LogP contribution in [0.3, 0.4) is 0 Å². The molecule has 16 heavy (non-hydrogen) atoms. The Morgan fingerprint density at radius 3 is 1.94 bits per heavy atom. The zero-order valence-corrected chi connectivity index (χ0v) is 9.01. The van der Waals surface area contributed by atoms with Gasteiger partial charge >= 0.3 is 0 Å². The summed E-state index contributed by atoms with van der Waals surface area (Å²) in [4.78, 5) is 0. The third-order valence-electron chi connectivity index (χ3n) is 2.12. The van der Waals surface area contributed by atoms with Crippen molar-refractivity contribution in [1.29, 1.82) is 0 Å². The van der Waals surface area contributed by atoms with Gasteiger partial charge in [-0.3, -0.25) is 0 Å². The van der Waals surface area contributed by atoms with E-state index in [1.54, 1.807) is 24.3 Å². The molecule has 0 unspecified atom stereocenters. The lowest BCUT2D eigenvalue weighted by atomic mass is 9.42. The molecule has 7 heteroatoms. The maximum atomic E-state index is 5.62. The monoisotopic (exact) mass is 207 g/mol. The van der Waals surface area contributed by atoms with Gasteiger partial charge < -0.3 is 15.2 Å². The molecule has 1 rings (SSSR count). The van der Waals surface area contributed by atoms with Gasteiger partial charge in [-0.05, 0) is 24.3 Å². The summed E-state index contributed by atoms with van der Waals surface area (Å²) in [5.74, 6) is 0.386. The van der Waals surface area contributed by atoms with Crippen molar-refractivity contribution in [3.05, 3.63) is 24.3 Å². The van der Waals surface area contributed by atoms with Crippen LogP contribution in [0.2, 0.25) is 0 Å². The zero-order chi connectivity index (χ0) is 12.4. The van der Waals surface area contributed by atoms with Crippen molar-refractivity contribution in [3.8, 4) is 5.75 Å². The average Bonchev–Trinajstić information content (AvgIpc) is 2.21. The van der Waals surface area contributed by atoms with Crippen molar-refractivity contribution >= 4 is 37.1 Å². The lowest BCUT2D eigenvalue weighted by molar-refractivity contribution is 0.0408. The Morgan fingerprint density at radius 2 is 1.50 bits per heavy atom. The second kappa shape index (κ2) is 4.50. The number of ether oxygens (including phenoxy) is 2. The van der Waals surface area contributed by atoms with Gasteiger partial charge in [0.25, 0.3) is 0 Å². The number of nitrogens with two attached hydrogens (primary N) is 1. The molecule has 1 aromatic rings. The highest BCUT2D eigenvalue weighted by Crippen LogP contribution is 2.22. The van der Waals surface area contributed by atoms with E-state index in [1.165, 1.54) is 7.11 Å². The fourth-order valence-electron chi connectivity index (χ4n) is 0.970. The van der Waals surface area contributed by atoms with Gasteiger partial charge in [-0.25, -0.2) is 0 Å². The first-order valence-corrected chi connectivity index (χ1v) is 4.54. The smallest absolute Gasteiger partial charge is 0.118 e. The van der Waals surface area contributed by atoms with Gasteiger partial charge in [-0.1, -0.05) is 0 Å². The number of hydrogen-bond acceptors (Lipinski definition) is 3. The minimum Gasteiger partial charge on any atom is -0.506 e. The summed E-state index contributed by atoms with van der Waals surface area (Å²) in [6, 6.07) is 6.45. The van der Waals surface area contributed by atoms with Gasteiger partial charge in [-0.2, -0.15) is 0 Å². The number of benzene rings is 1. The molecule has 0 saturated heterocycles. The van der Waals surface area contributed by atoms with Crippen molar-refractivity contribution in [2.24, 2.45) is 0 Å². The van der Waals surface area contributed by atoms with Gasteiger partial charge in [0.2, 0.25) is 0 Å². The van der Waals surface area contributed by atoms with Crippen LogP contribution in [-0.2, 0) is 4.74 Å². The molecule has 8 radical (unpaired) electrons. The molecule has 2 N–H and O–H groups in total. The lowest BCUT2D eigenvalue weighted by Gasteiger charge is -2.43. The molecule has 74 valence electrons. The van der Waals surface area contributed by atoms with Crippen LogP contribution in [0.1, 0.15) is 0 Å². The van der Waals surface area contributed by atoms with E-state index in [0.29, 0.717) is 11.4 Å². The molecule has 1 aromatic carbocycles. The average molecular weight is 206 g/mol. The molecule has 0 atom stereocenters. The van der Waals surface area contributed by atoms with Crippen molar-refractivity contribution in [2.75, 3.05) is 12.8 Å². The molecule has 0 fully saturated rings. The molecule has 0 heterocycles. The number of anilines is 1. The highest BCUT2D eigenvalue weighted by atomic mass is 16.5. The molecular formula is C9H9B4NO2. The fraction of sp³-hybridized carbons (Fsp3) is 0.333. The summed E-state index contributed by atoms with van der Waals surface area (Å²) in [6.07, 6.45) is 0. The Balaban J connectivity index is 2.84. The standard InChI is InChI=1S/C9H9B4NO2/c1-15-8(10,11)9(12,13)16-7-4-2-6(14)3-5-7/h2-5H,14H2,1H3. The van der Waals surface area contributed by atoms with Crippen LogP contribution in [0.4, 0.5) is 5.69 Å². The van der Waals surface area contributed by atoms with Crippen LogP contribution in [0.15, 0.2) is 24.3 Å². The maximum Gasteiger partial charge on any atom is 0.118 e. The van der Waals surface area contributed by atoms with Crippen LogP contribution in [-0.4, -0.2) is 49.3 Å². The van der Waals surface area contributed by atoms with Crippen LogP contribution < -0.4 is 10.5 Å². The van der Waals surface area contributed by atoms with Crippen LogP contribution >= 0.6 is 0 Å². The van der Waals surface area contributed by atoms with Gasteiger partial charge in [0.05, 0.1) is 0 Å². The second-order valence-corrected chi connectivity index (χ2v) is 3.46. The van der Waals surface area contributed by atoms with Crippen molar-refractivity contribution in [2.45, 2.75) is 10.8 Å². The Kier molecular flexibility index (Phi) is 3.68. The number of methoxy groups -OCH3 is 1. The van der Waals surface area contributed by atoms with Crippen molar-refractivity contribution in [3.63, 3.8) is 0 Å². The quantitative estimate of drug-likeness (QED) is 0.522. The fourth-order valence-corrected chi connectivity index (χ4v) is 0.970. The van der Waals surface area contributed by atoms with Gasteiger partial charge in [-0.15, -0.1) is 0 Å². The summed E-state index contributed by atoms with van der Waals surface area (Å²) in [7, 11) is 23.6. The Bertz CT molecular complexity index is 353.